The number of ether oxygens (including phenoxy) is 1. The van der Waals surface area contributed by atoms with E-state index in [0.29, 0.717) is 11.0 Å². The van der Waals surface area contributed by atoms with Crippen molar-refractivity contribution in [3.8, 4) is 0 Å². The molecule has 0 unspecified atom stereocenters. The highest BCUT2D eigenvalue weighted by Crippen LogP contribution is 2.25. The van der Waals surface area contributed by atoms with Gasteiger partial charge in [0.25, 0.3) is 0 Å². The first kappa shape index (κ1) is 20.3. The summed E-state index contributed by atoms with van der Waals surface area (Å²) in [6.45, 7) is 4.78. The molecule has 0 spiro atoms. The Morgan fingerprint density at radius 1 is 1.52 bits per heavy atom. The lowest BCUT2D eigenvalue weighted by atomic mass is 9.87. The fraction of sp³-hybridized carbons (Fsp3) is 0.500. The van der Waals surface area contributed by atoms with E-state index in [9.17, 15) is 4.79 Å². The molecule has 0 aliphatic rings. The highest BCUT2D eigenvalue weighted by molar-refractivity contribution is 9.10. The van der Waals surface area contributed by atoms with Crippen molar-refractivity contribution < 1.29 is 9.53 Å². The van der Waals surface area contributed by atoms with Crippen LogP contribution in [0.5, 0.6) is 0 Å². The number of thioether (sulfide) groups is 1. The fourth-order valence-corrected chi connectivity index (χ4v) is 1.76. The Morgan fingerprint density at radius 2 is 2.10 bits per heavy atom. The van der Waals surface area contributed by atoms with Gasteiger partial charge in [0.1, 0.15) is 0 Å². The van der Waals surface area contributed by atoms with E-state index in [0.717, 1.165) is 16.4 Å². The van der Waals surface area contributed by atoms with Gasteiger partial charge in [0, 0.05) is 36.4 Å². The SMILES string of the molecule is CN(C)C=O.CSC(=S)OCC(C)(C)c1cncc(Br)c1. The first-order chi connectivity index (χ1) is 9.72. The zero-order valence-corrected chi connectivity index (χ0v) is 16.1. The molecule has 7 heteroatoms. The fourth-order valence-electron chi connectivity index (χ4n) is 1.16. The zero-order valence-electron chi connectivity index (χ0n) is 12.9. The van der Waals surface area contributed by atoms with Gasteiger partial charge < -0.3 is 9.64 Å². The molecule has 1 aromatic rings. The Morgan fingerprint density at radius 3 is 2.52 bits per heavy atom. The first-order valence-corrected chi connectivity index (χ1v) is 8.59. The topological polar surface area (TPSA) is 42.4 Å². The third-order valence-electron chi connectivity index (χ3n) is 2.41. The van der Waals surface area contributed by atoms with Crippen molar-refractivity contribution in [1.29, 1.82) is 0 Å². The number of thiocarbonyl (C=S) groups is 1. The molecular weight excluding hydrogens is 372 g/mol. The first-order valence-electron chi connectivity index (χ1n) is 6.16. The molecule has 0 radical (unpaired) electrons. The van der Waals surface area contributed by atoms with E-state index in [1.165, 1.54) is 16.7 Å². The van der Waals surface area contributed by atoms with Crippen LogP contribution in [0, 0.1) is 0 Å². The van der Waals surface area contributed by atoms with Gasteiger partial charge in [0.15, 0.2) is 0 Å². The van der Waals surface area contributed by atoms with E-state index in [2.05, 4.69) is 40.8 Å². The summed E-state index contributed by atoms with van der Waals surface area (Å²) < 4.78 is 7.06. The Hall–Kier alpha value is -0.660. The molecule has 1 amide bonds. The second-order valence-corrected chi connectivity index (χ2v) is 7.41. The molecule has 0 saturated carbocycles. The Balaban J connectivity index is 0.000000690. The lowest BCUT2D eigenvalue weighted by Gasteiger charge is -2.24. The predicted octanol–water partition coefficient (Wildman–Crippen LogP) is 3.49. The number of aromatic nitrogens is 1. The molecule has 0 N–H and O–H groups in total. The lowest BCUT2D eigenvalue weighted by Crippen LogP contribution is -2.25. The molecule has 21 heavy (non-hydrogen) atoms. The third kappa shape index (κ3) is 9.06. The highest BCUT2D eigenvalue weighted by atomic mass is 79.9. The molecule has 0 fully saturated rings. The minimum atomic E-state index is -0.101. The summed E-state index contributed by atoms with van der Waals surface area (Å²) in [4.78, 5) is 15.0. The Bertz CT molecular complexity index is 468. The normalized spacial score (nSPS) is 10.2. The predicted molar refractivity (Wildman–Crippen MR) is 96.8 cm³/mol. The molecular formula is C14H21BrN2O2S2. The molecule has 118 valence electrons. The number of hydrogen-bond acceptors (Lipinski definition) is 5. The quantitative estimate of drug-likeness (QED) is 0.579. The van der Waals surface area contributed by atoms with E-state index < -0.39 is 0 Å². The molecule has 0 bridgehead atoms. The second kappa shape index (κ2) is 10.1. The maximum Gasteiger partial charge on any atom is 0.219 e. The van der Waals surface area contributed by atoms with Crippen LogP contribution in [0.1, 0.15) is 19.4 Å². The number of rotatable bonds is 4. The zero-order chi connectivity index (χ0) is 16.5. The number of amides is 1. The van der Waals surface area contributed by atoms with Crippen LogP contribution in [0.15, 0.2) is 22.9 Å². The molecule has 0 aromatic carbocycles. The average Bonchev–Trinajstić information content (AvgIpc) is 2.45. The summed E-state index contributed by atoms with van der Waals surface area (Å²) in [5.74, 6) is 0. The minimum Gasteiger partial charge on any atom is -0.478 e. The number of carbonyl (C=O) groups excluding carboxylic acids is 1. The van der Waals surface area contributed by atoms with Crippen molar-refractivity contribution in [1.82, 2.24) is 9.88 Å². The molecule has 0 saturated heterocycles. The molecule has 1 rings (SSSR count). The van der Waals surface area contributed by atoms with Gasteiger partial charge in [-0.1, -0.05) is 25.6 Å². The van der Waals surface area contributed by atoms with Crippen molar-refractivity contribution >= 4 is 50.7 Å². The van der Waals surface area contributed by atoms with E-state index in [-0.39, 0.29) is 5.41 Å². The van der Waals surface area contributed by atoms with Crippen molar-refractivity contribution in [2.45, 2.75) is 19.3 Å². The molecule has 1 aromatic heterocycles. The smallest absolute Gasteiger partial charge is 0.219 e. The van der Waals surface area contributed by atoms with Gasteiger partial charge >= 0.3 is 0 Å². The summed E-state index contributed by atoms with van der Waals surface area (Å²) in [5, 5.41) is 0. The van der Waals surface area contributed by atoms with E-state index in [4.69, 9.17) is 17.0 Å². The number of carbonyl (C=O) groups is 1. The van der Waals surface area contributed by atoms with Gasteiger partial charge in [0.05, 0.1) is 6.61 Å². The van der Waals surface area contributed by atoms with Crippen LogP contribution in [-0.2, 0) is 14.9 Å². The van der Waals surface area contributed by atoms with Crippen LogP contribution >= 0.6 is 39.9 Å². The maximum absolute atomic E-state index is 9.43. The van der Waals surface area contributed by atoms with E-state index >= 15 is 0 Å². The number of pyridine rings is 1. The minimum absolute atomic E-state index is 0.101. The average molecular weight is 393 g/mol. The van der Waals surface area contributed by atoms with E-state index in [1.54, 1.807) is 20.3 Å². The maximum atomic E-state index is 9.43. The summed E-state index contributed by atoms with van der Waals surface area (Å²) in [5.41, 5.74) is 1.03. The van der Waals surface area contributed by atoms with Crippen LogP contribution in [0.25, 0.3) is 0 Å². The molecule has 0 aliphatic heterocycles. The van der Waals surface area contributed by atoms with E-state index in [1.807, 2.05) is 12.5 Å². The van der Waals surface area contributed by atoms with Crippen molar-refractivity contribution in [2.24, 2.45) is 0 Å². The number of halogens is 1. The largest absolute Gasteiger partial charge is 0.478 e. The molecule has 1 heterocycles. The summed E-state index contributed by atoms with van der Waals surface area (Å²) >= 11 is 9.88. The number of hydrogen-bond donors (Lipinski definition) is 0. The van der Waals surface area contributed by atoms with Gasteiger partial charge in [-0.2, -0.15) is 0 Å². The van der Waals surface area contributed by atoms with Crippen molar-refractivity contribution in [3.05, 3.63) is 28.5 Å². The van der Waals surface area contributed by atoms with Crippen LogP contribution < -0.4 is 0 Å². The summed E-state index contributed by atoms with van der Waals surface area (Å²) in [6.07, 6.45) is 6.29. The van der Waals surface area contributed by atoms with Crippen LogP contribution in [0.3, 0.4) is 0 Å². The van der Waals surface area contributed by atoms with Gasteiger partial charge in [-0.05, 0) is 46.0 Å². The number of nitrogens with zero attached hydrogens (tertiary/aromatic N) is 2. The Labute approximate surface area is 144 Å². The lowest BCUT2D eigenvalue weighted by molar-refractivity contribution is -0.115. The van der Waals surface area contributed by atoms with Gasteiger partial charge in [0.2, 0.25) is 10.8 Å². The standard InChI is InChI=1S/C11H14BrNOS2.C3H7NO/c1-11(2,7-14-10(15)16-3)8-4-9(12)6-13-5-8;1-4(2)3-5/h4-6H,7H2,1-3H3;3H,1-2H3. The third-order valence-corrected chi connectivity index (χ3v) is 3.92. The second-order valence-electron chi connectivity index (χ2n) is 5.09. The van der Waals surface area contributed by atoms with Crippen molar-refractivity contribution in [2.75, 3.05) is 27.0 Å². The molecule has 0 aliphatic carbocycles. The van der Waals surface area contributed by atoms with Crippen LogP contribution in [0.4, 0.5) is 0 Å². The van der Waals surface area contributed by atoms with Gasteiger partial charge in [-0.3, -0.25) is 9.78 Å². The van der Waals surface area contributed by atoms with Gasteiger partial charge in [-0.15, -0.1) is 0 Å². The highest BCUT2D eigenvalue weighted by Gasteiger charge is 2.22. The molecule has 0 atom stereocenters. The Kier molecular flexibility index (Phi) is 9.81. The summed E-state index contributed by atoms with van der Waals surface area (Å²) in [6, 6.07) is 2.05. The summed E-state index contributed by atoms with van der Waals surface area (Å²) in [7, 11) is 3.38. The van der Waals surface area contributed by atoms with Crippen LogP contribution in [0.2, 0.25) is 0 Å². The van der Waals surface area contributed by atoms with Crippen LogP contribution in [-0.4, -0.2) is 47.6 Å². The van der Waals surface area contributed by atoms with Gasteiger partial charge in [-0.25, -0.2) is 0 Å². The molecule has 4 nitrogen and oxygen atoms in total. The monoisotopic (exact) mass is 392 g/mol. The van der Waals surface area contributed by atoms with Crippen molar-refractivity contribution in [3.63, 3.8) is 0 Å².